The highest BCUT2D eigenvalue weighted by Crippen LogP contribution is 2.38. The number of hydrogen-bond donors (Lipinski definition) is 2. The monoisotopic (exact) mass is 429 g/mol. The smallest absolute Gasteiger partial charge is 0.142 e. The Morgan fingerprint density at radius 3 is 2.20 bits per heavy atom. The number of phenols is 1. The minimum atomic E-state index is 0.140. The third kappa shape index (κ3) is 2.41. The summed E-state index contributed by atoms with van der Waals surface area (Å²) in [6.45, 7) is 0. The van der Waals surface area contributed by atoms with Crippen molar-refractivity contribution >= 4 is 45.2 Å². The first-order valence-electron chi connectivity index (χ1n) is 5.03. The van der Waals surface area contributed by atoms with Gasteiger partial charge in [-0.1, -0.05) is 6.42 Å². The Kier molecular flexibility index (Phi) is 3.77. The lowest BCUT2D eigenvalue weighted by molar-refractivity contribution is 0.264. The molecule has 1 aliphatic rings. The molecule has 2 nitrogen and oxygen atoms in total. The fourth-order valence-corrected chi connectivity index (χ4v) is 3.66. The van der Waals surface area contributed by atoms with Crippen molar-refractivity contribution in [2.45, 2.75) is 25.3 Å². The molecule has 0 unspecified atom stereocenters. The number of rotatable bonds is 2. The molecule has 1 aliphatic carbocycles. The third-order valence-corrected chi connectivity index (χ3v) is 4.73. The zero-order valence-electron chi connectivity index (χ0n) is 8.21. The quantitative estimate of drug-likeness (QED) is 0.709. The minimum Gasteiger partial charge on any atom is -0.506 e. The van der Waals surface area contributed by atoms with Gasteiger partial charge in [0.15, 0.2) is 0 Å². The number of aromatic hydroxyl groups is 1. The van der Waals surface area contributed by atoms with Crippen molar-refractivity contribution in [3.63, 3.8) is 0 Å². The molecule has 0 aromatic heterocycles. The van der Waals surface area contributed by atoms with Gasteiger partial charge in [-0.3, -0.25) is 0 Å². The molecule has 82 valence electrons. The van der Waals surface area contributed by atoms with E-state index < -0.39 is 0 Å². The second kappa shape index (κ2) is 4.75. The van der Waals surface area contributed by atoms with Crippen LogP contribution in [-0.2, 0) is 0 Å². The summed E-state index contributed by atoms with van der Waals surface area (Å²) in [5, 5.41) is 9.67. The number of halogens is 2. The lowest BCUT2D eigenvalue weighted by atomic mass is 9.77. The van der Waals surface area contributed by atoms with Crippen LogP contribution in [0, 0.1) is 13.1 Å². The fraction of sp³-hybridized carbons (Fsp3) is 0.455. The van der Waals surface area contributed by atoms with Gasteiger partial charge in [-0.25, -0.2) is 0 Å². The van der Waals surface area contributed by atoms with Crippen LogP contribution >= 0.6 is 45.2 Å². The first-order chi connectivity index (χ1) is 7.09. The molecule has 0 radical (unpaired) electrons. The average molecular weight is 429 g/mol. The molecule has 0 heterocycles. The van der Waals surface area contributed by atoms with Gasteiger partial charge >= 0.3 is 0 Å². The van der Waals surface area contributed by atoms with Gasteiger partial charge in [0.05, 0.1) is 7.14 Å². The molecular weight excluding hydrogens is 416 g/mol. The second-order valence-electron chi connectivity index (χ2n) is 4.05. The van der Waals surface area contributed by atoms with Gasteiger partial charge in [0.2, 0.25) is 0 Å². The maximum atomic E-state index is 9.67. The molecular formula is C11H13I2NO. The van der Waals surface area contributed by atoms with E-state index >= 15 is 0 Å². The summed E-state index contributed by atoms with van der Waals surface area (Å²) in [6, 6.07) is 4.14. The first kappa shape index (κ1) is 11.9. The molecule has 1 fully saturated rings. The molecule has 0 spiro atoms. The highest BCUT2D eigenvalue weighted by molar-refractivity contribution is 14.1. The van der Waals surface area contributed by atoms with E-state index in [1.54, 1.807) is 0 Å². The number of benzene rings is 1. The zero-order chi connectivity index (χ0) is 11.0. The largest absolute Gasteiger partial charge is 0.506 e. The Hall–Kier alpha value is 0.440. The summed E-state index contributed by atoms with van der Waals surface area (Å²) >= 11 is 4.30. The van der Waals surface area contributed by atoms with Crippen LogP contribution < -0.4 is 5.73 Å². The van der Waals surface area contributed by atoms with E-state index in [1.165, 1.54) is 19.3 Å². The maximum absolute atomic E-state index is 9.67. The molecule has 15 heavy (non-hydrogen) atoms. The van der Waals surface area contributed by atoms with Crippen LogP contribution in [0.2, 0.25) is 0 Å². The molecule has 1 aromatic rings. The Bertz CT molecular complexity index is 354. The van der Waals surface area contributed by atoms with Crippen molar-refractivity contribution in [1.82, 2.24) is 0 Å². The molecule has 3 N–H and O–H groups in total. The van der Waals surface area contributed by atoms with Gasteiger partial charge in [0.25, 0.3) is 0 Å². The molecule has 0 amide bonds. The normalized spacial score (nSPS) is 18.6. The Morgan fingerprint density at radius 2 is 1.80 bits per heavy atom. The number of nitrogens with two attached hydrogens (primary N) is 1. The molecule has 1 aromatic carbocycles. The summed E-state index contributed by atoms with van der Waals surface area (Å²) < 4.78 is 1.79. The van der Waals surface area contributed by atoms with E-state index in [9.17, 15) is 5.11 Å². The highest BCUT2D eigenvalue weighted by Gasteiger charge is 2.26. The van der Waals surface area contributed by atoms with Crippen molar-refractivity contribution < 1.29 is 5.11 Å². The molecule has 2 rings (SSSR count). The van der Waals surface area contributed by atoms with E-state index in [-0.39, 0.29) is 6.04 Å². The van der Waals surface area contributed by atoms with E-state index in [0.717, 1.165) is 12.7 Å². The van der Waals surface area contributed by atoms with Crippen LogP contribution in [0.1, 0.15) is 30.9 Å². The van der Waals surface area contributed by atoms with E-state index in [1.807, 2.05) is 12.1 Å². The van der Waals surface area contributed by atoms with E-state index in [0.29, 0.717) is 11.7 Å². The van der Waals surface area contributed by atoms with Crippen molar-refractivity contribution in [3.05, 3.63) is 24.8 Å². The molecule has 0 saturated heterocycles. The summed E-state index contributed by atoms with van der Waals surface area (Å²) in [6.07, 6.45) is 3.80. The molecule has 1 atom stereocenters. The van der Waals surface area contributed by atoms with E-state index in [4.69, 9.17) is 5.73 Å². The predicted octanol–water partition coefficient (Wildman–Crippen LogP) is 3.40. The summed E-state index contributed by atoms with van der Waals surface area (Å²) in [5.41, 5.74) is 7.36. The second-order valence-corrected chi connectivity index (χ2v) is 6.37. The van der Waals surface area contributed by atoms with Gasteiger partial charge in [0, 0.05) is 6.04 Å². The summed E-state index contributed by atoms with van der Waals surface area (Å²) in [5.74, 6) is 1.02. The number of hydrogen-bond acceptors (Lipinski definition) is 2. The van der Waals surface area contributed by atoms with Crippen LogP contribution in [-0.4, -0.2) is 5.11 Å². The van der Waals surface area contributed by atoms with Crippen LogP contribution in [0.15, 0.2) is 12.1 Å². The van der Waals surface area contributed by atoms with Gasteiger partial charge < -0.3 is 10.8 Å². The Morgan fingerprint density at radius 1 is 1.27 bits per heavy atom. The maximum Gasteiger partial charge on any atom is 0.142 e. The zero-order valence-corrected chi connectivity index (χ0v) is 12.5. The number of phenolic OH excluding ortho intramolecular Hbond substituents is 1. The fourth-order valence-electron chi connectivity index (χ4n) is 1.85. The molecule has 1 saturated carbocycles. The van der Waals surface area contributed by atoms with Crippen LogP contribution in [0.4, 0.5) is 0 Å². The van der Waals surface area contributed by atoms with E-state index in [2.05, 4.69) is 45.2 Å². The van der Waals surface area contributed by atoms with Crippen LogP contribution in [0.5, 0.6) is 5.75 Å². The van der Waals surface area contributed by atoms with Gasteiger partial charge in [0.1, 0.15) is 5.75 Å². The summed E-state index contributed by atoms with van der Waals surface area (Å²) in [4.78, 5) is 0. The molecule has 4 heteroatoms. The van der Waals surface area contributed by atoms with Crippen molar-refractivity contribution in [2.24, 2.45) is 11.7 Å². The van der Waals surface area contributed by atoms with Crippen molar-refractivity contribution in [3.8, 4) is 5.75 Å². The minimum absolute atomic E-state index is 0.140. The first-order valence-corrected chi connectivity index (χ1v) is 7.19. The SMILES string of the molecule is N[C@H](c1cc(I)c(O)c(I)c1)C1CCC1. The molecule has 0 bridgehead atoms. The summed E-state index contributed by atoms with van der Waals surface area (Å²) in [7, 11) is 0. The third-order valence-electron chi connectivity index (χ3n) is 3.08. The average Bonchev–Trinajstić information content (AvgIpc) is 2.10. The van der Waals surface area contributed by atoms with Crippen molar-refractivity contribution in [2.75, 3.05) is 0 Å². The topological polar surface area (TPSA) is 46.2 Å². The van der Waals surface area contributed by atoms with Crippen LogP contribution in [0.25, 0.3) is 0 Å². The predicted molar refractivity (Wildman–Crippen MR) is 77.8 cm³/mol. The lowest BCUT2D eigenvalue weighted by Crippen LogP contribution is -2.26. The van der Waals surface area contributed by atoms with Gasteiger partial charge in [-0.2, -0.15) is 0 Å². The lowest BCUT2D eigenvalue weighted by Gasteiger charge is -2.31. The van der Waals surface area contributed by atoms with Gasteiger partial charge in [-0.15, -0.1) is 0 Å². The van der Waals surface area contributed by atoms with Crippen molar-refractivity contribution in [1.29, 1.82) is 0 Å². The molecule has 0 aliphatic heterocycles. The highest BCUT2D eigenvalue weighted by atomic mass is 127. The Balaban J connectivity index is 2.27. The standard InChI is InChI=1S/C11H13I2NO/c12-8-4-7(5-9(13)11(8)15)10(14)6-2-1-3-6/h4-6,10,15H,1-3,14H2/t10-/m0/s1. The Labute approximate surface area is 117 Å². The van der Waals surface area contributed by atoms with Gasteiger partial charge in [-0.05, 0) is 81.6 Å². The van der Waals surface area contributed by atoms with Crippen LogP contribution in [0.3, 0.4) is 0 Å².